The molecule has 2 aliphatic rings. The second-order valence-electron chi connectivity index (χ2n) is 11.6. The predicted octanol–water partition coefficient (Wildman–Crippen LogP) is 3.13. The summed E-state index contributed by atoms with van der Waals surface area (Å²) in [5, 5.41) is 24.4. The van der Waals surface area contributed by atoms with Gasteiger partial charge < -0.3 is 15.3 Å². The van der Waals surface area contributed by atoms with Crippen molar-refractivity contribution < 1.29 is 14.7 Å². The molecule has 2 aromatic heterocycles. The quantitative estimate of drug-likeness (QED) is 0.435. The van der Waals surface area contributed by atoms with E-state index >= 15 is 0 Å². The molecule has 0 radical (unpaired) electrons. The van der Waals surface area contributed by atoms with E-state index in [1.165, 1.54) is 16.2 Å². The monoisotopic (exact) mass is 536 g/mol. The van der Waals surface area contributed by atoms with Gasteiger partial charge in [-0.25, -0.2) is 9.67 Å². The van der Waals surface area contributed by atoms with Crippen LogP contribution < -0.4 is 5.32 Å². The Labute approximate surface area is 227 Å². The molecule has 2 fully saturated rings. The zero-order valence-electron chi connectivity index (χ0n) is 22.2. The van der Waals surface area contributed by atoms with E-state index in [9.17, 15) is 14.7 Å². The van der Waals surface area contributed by atoms with Crippen LogP contribution in [0.5, 0.6) is 0 Å². The van der Waals surface area contributed by atoms with Gasteiger partial charge in [0.1, 0.15) is 12.1 Å². The van der Waals surface area contributed by atoms with E-state index in [1.807, 2.05) is 62.7 Å². The summed E-state index contributed by atoms with van der Waals surface area (Å²) in [7, 11) is 0. The minimum Gasteiger partial charge on any atom is -0.391 e. The minimum absolute atomic E-state index is 0.114. The largest absolute Gasteiger partial charge is 0.391 e. The normalized spacial score (nSPS) is 21.3. The number of carbonyl (C=O) groups excluding carboxylic acids is 2. The molecule has 10 heteroatoms. The Hall–Kier alpha value is -3.11. The number of thiazole rings is 1. The molecular formula is C28H36N6O3S. The van der Waals surface area contributed by atoms with Crippen molar-refractivity contribution >= 4 is 23.2 Å². The van der Waals surface area contributed by atoms with Crippen molar-refractivity contribution in [2.75, 3.05) is 6.54 Å². The van der Waals surface area contributed by atoms with Gasteiger partial charge in [-0.2, -0.15) is 0 Å². The molecule has 38 heavy (non-hydrogen) atoms. The number of aliphatic hydroxyl groups is 1. The van der Waals surface area contributed by atoms with Gasteiger partial charge in [0.2, 0.25) is 11.8 Å². The van der Waals surface area contributed by atoms with Gasteiger partial charge in [-0.1, -0.05) is 56.3 Å². The first-order valence-electron chi connectivity index (χ1n) is 13.3. The number of aliphatic hydroxyl groups excluding tert-OH is 1. The van der Waals surface area contributed by atoms with Gasteiger partial charge in [-0.05, 0) is 30.2 Å². The van der Waals surface area contributed by atoms with Crippen LogP contribution in [0, 0.1) is 5.41 Å². The lowest BCUT2D eigenvalue weighted by Gasteiger charge is -2.35. The average molecular weight is 537 g/mol. The van der Waals surface area contributed by atoms with Crippen molar-refractivity contribution in [3.63, 3.8) is 0 Å². The van der Waals surface area contributed by atoms with Crippen LogP contribution in [0.4, 0.5) is 0 Å². The highest BCUT2D eigenvalue weighted by atomic mass is 32.1. The predicted molar refractivity (Wildman–Crippen MR) is 145 cm³/mol. The number of hydrogen-bond acceptors (Lipinski definition) is 7. The molecule has 4 atom stereocenters. The number of nitrogens with one attached hydrogen (secondary N) is 1. The summed E-state index contributed by atoms with van der Waals surface area (Å²) in [5.41, 5.74) is 4.25. The molecule has 0 spiro atoms. The Morgan fingerprint density at radius 1 is 1.18 bits per heavy atom. The summed E-state index contributed by atoms with van der Waals surface area (Å²) in [5.74, 6) is -0.0533. The first-order valence-corrected chi connectivity index (χ1v) is 14.2. The van der Waals surface area contributed by atoms with Crippen molar-refractivity contribution in [2.24, 2.45) is 5.41 Å². The summed E-state index contributed by atoms with van der Waals surface area (Å²) in [6.07, 6.45) is 4.72. The average Bonchev–Trinajstić information content (AvgIpc) is 3.22. The van der Waals surface area contributed by atoms with Crippen LogP contribution in [0.25, 0.3) is 0 Å². The number of carbonyl (C=O) groups is 2. The maximum Gasteiger partial charge on any atom is 0.248 e. The van der Waals surface area contributed by atoms with Gasteiger partial charge in [-0.3, -0.25) is 9.59 Å². The molecule has 2 amide bonds. The van der Waals surface area contributed by atoms with Crippen LogP contribution in [0.2, 0.25) is 0 Å². The first kappa shape index (κ1) is 26.5. The van der Waals surface area contributed by atoms with E-state index in [2.05, 4.69) is 20.6 Å². The highest BCUT2D eigenvalue weighted by molar-refractivity contribution is 7.07. The molecule has 1 saturated heterocycles. The van der Waals surface area contributed by atoms with Crippen molar-refractivity contribution in [3.8, 4) is 0 Å². The smallest absolute Gasteiger partial charge is 0.248 e. The maximum atomic E-state index is 14.0. The maximum absolute atomic E-state index is 14.0. The number of β-amino-alcohol motifs (C(OH)–C–C–N with tert-alkyl or cyclic N) is 1. The number of rotatable bonds is 9. The van der Waals surface area contributed by atoms with Crippen LogP contribution in [0.3, 0.4) is 0 Å². The van der Waals surface area contributed by atoms with E-state index < -0.39 is 23.6 Å². The Kier molecular flexibility index (Phi) is 7.63. The molecule has 3 aromatic rings. The molecule has 1 unspecified atom stereocenters. The Morgan fingerprint density at radius 3 is 2.61 bits per heavy atom. The molecule has 1 aromatic carbocycles. The Bertz CT molecular complexity index is 1240. The van der Waals surface area contributed by atoms with E-state index in [0.717, 1.165) is 29.8 Å². The molecule has 1 saturated carbocycles. The first-order chi connectivity index (χ1) is 18.2. The van der Waals surface area contributed by atoms with Crippen LogP contribution >= 0.6 is 11.3 Å². The van der Waals surface area contributed by atoms with Gasteiger partial charge in [0.15, 0.2) is 0 Å². The third-order valence-corrected chi connectivity index (χ3v) is 7.95. The van der Waals surface area contributed by atoms with Crippen LogP contribution in [0.1, 0.15) is 68.9 Å². The van der Waals surface area contributed by atoms with Crippen LogP contribution in [-0.2, 0) is 22.4 Å². The molecule has 3 heterocycles. The van der Waals surface area contributed by atoms with E-state index in [1.54, 1.807) is 10.2 Å². The topological polar surface area (TPSA) is 113 Å². The summed E-state index contributed by atoms with van der Waals surface area (Å²) < 4.78 is 1.65. The molecular weight excluding hydrogens is 500 g/mol. The van der Waals surface area contributed by atoms with E-state index in [-0.39, 0.29) is 30.8 Å². The molecule has 5 rings (SSSR count). The number of nitrogens with zero attached hydrogens (tertiary/aromatic N) is 5. The van der Waals surface area contributed by atoms with Crippen molar-refractivity contribution in [1.82, 2.24) is 30.2 Å². The van der Waals surface area contributed by atoms with Gasteiger partial charge >= 0.3 is 0 Å². The summed E-state index contributed by atoms with van der Waals surface area (Å²) in [6, 6.07) is 8.41. The van der Waals surface area contributed by atoms with E-state index in [0.29, 0.717) is 18.8 Å². The van der Waals surface area contributed by atoms with Gasteiger partial charge in [-0.15, -0.1) is 16.4 Å². The Morgan fingerprint density at radius 2 is 1.95 bits per heavy atom. The summed E-state index contributed by atoms with van der Waals surface area (Å²) >= 11 is 1.52. The van der Waals surface area contributed by atoms with Gasteiger partial charge in [0.25, 0.3) is 0 Å². The number of aromatic nitrogens is 4. The van der Waals surface area contributed by atoms with E-state index in [4.69, 9.17) is 0 Å². The fraction of sp³-hybridized carbons (Fsp3) is 0.536. The number of amides is 2. The molecule has 2 N–H and O–H groups in total. The standard InChI is InChI=1S/C28H36N6O3S/c1-28(2,3)25(34-15-23(31-32-34)19-9-10-19)27(37)33-14-22(35)13-24(33)26(36)30-20(12-21-16-38-17-29-21)11-18-7-5-4-6-8-18/h4-8,15-17,19-20,22,24-25,35H,9-14H2,1-3H3,(H,30,36)/t20?,22-,24+,25-/m1/s1. The second-order valence-corrected chi connectivity index (χ2v) is 12.4. The lowest BCUT2D eigenvalue weighted by Crippen LogP contribution is -2.52. The molecule has 202 valence electrons. The molecule has 9 nitrogen and oxygen atoms in total. The van der Waals surface area contributed by atoms with Crippen molar-refractivity contribution in [2.45, 2.75) is 83.0 Å². The van der Waals surface area contributed by atoms with Gasteiger partial charge in [0.05, 0.1) is 23.0 Å². The van der Waals surface area contributed by atoms with Crippen LogP contribution in [-0.4, -0.2) is 66.5 Å². The summed E-state index contributed by atoms with van der Waals surface area (Å²) in [4.78, 5) is 33.6. The zero-order chi connectivity index (χ0) is 26.9. The fourth-order valence-corrected chi connectivity index (χ4v) is 5.86. The Balaban J connectivity index is 1.35. The number of benzene rings is 1. The highest BCUT2D eigenvalue weighted by Crippen LogP contribution is 2.40. The number of hydrogen-bond donors (Lipinski definition) is 2. The molecule has 0 bridgehead atoms. The third kappa shape index (κ3) is 6.13. The SMILES string of the molecule is CC(C)(C)[C@@H](C(=O)N1C[C@H](O)C[C@H]1C(=O)NC(Cc1ccccc1)Cc1cscn1)n1cc(C2CC2)nn1. The van der Waals surface area contributed by atoms with Crippen molar-refractivity contribution in [1.29, 1.82) is 0 Å². The second kappa shape index (κ2) is 10.9. The lowest BCUT2D eigenvalue weighted by molar-refractivity contribution is -0.144. The third-order valence-electron chi connectivity index (χ3n) is 7.32. The minimum atomic E-state index is -0.765. The lowest BCUT2D eigenvalue weighted by atomic mass is 9.85. The highest BCUT2D eigenvalue weighted by Gasteiger charge is 2.45. The fourth-order valence-electron chi connectivity index (χ4n) is 5.29. The molecule has 1 aliphatic carbocycles. The molecule has 1 aliphatic heterocycles. The van der Waals surface area contributed by atoms with Gasteiger partial charge in [0, 0.05) is 42.9 Å². The summed E-state index contributed by atoms with van der Waals surface area (Å²) in [6.45, 7) is 6.07. The number of likely N-dealkylation sites (tertiary alicyclic amines) is 1. The van der Waals surface area contributed by atoms with Crippen molar-refractivity contribution in [3.05, 3.63) is 64.4 Å². The van der Waals surface area contributed by atoms with Crippen LogP contribution in [0.15, 0.2) is 47.4 Å². The zero-order valence-corrected chi connectivity index (χ0v) is 23.0.